The van der Waals surface area contributed by atoms with Gasteiger partial charge in [0.05, 0.1) is 22.1 Å². The highest BCUT2D eigenvalue weighted by atomic mass is 35.5. The number of rotatable bonds is 5. The SMILES string of the molecule is Cc1cccc(COc2nc(Cl)ncc2Sc2ccc(C#N)c(C(F)(F)F)c2)c1. The van der Waals surface area contributed by atoms with Gasteiger partial charge in [-0.1, -0.05) is 41.6 Å². The van der Waals surface area contributed by atoms with Crippen LogP contribution in [0.25, 0.3) is 0 Å². The van der Waals surface area contributed by atoms with Gasteiger partial charge in [-0.15, -0.1) is 0 Å². The Kier molecular flexibility index (Phi) is 6.30. The molecule has 0 saturated carbocycles. The number of ether oxygens (including phenoxy) is 1. The Morgan fingerprint density at radius 2 is 2.00 bits per heavy atom. The van der Waals surface area contributed by atoms with Gasteiger partial charge in [-0.05, 0) is 42.3 Å². The quantitative estimate of drug-likeness (QED) is 0.456. The third-order valence-electron chi connectivity index (χ3n) is 3.80. The monoisotopic (exact) mass is 435 g/mol. The minimum atomic E-state index is -4.64. The van der Waals surface area contributed by atoms with Crippen molar-refractivity contribution in [3.8, 4) is 11.9 Å². The summed E-state index contributed by atoms with van der Waals surface area (Å²) < 4.78 is 45.3. The first-order chi connectivity index (χ1) is 13.8. The zero-order valence-electron chi connectivity index (χ0n) is 15.0. The van der Waals surface area contributed by atoms with E-state index in [0.29, 0.717) is 4.90 Å². The van der Waals surface area contributed by atoms with E-state index in [1.165, 1.54) is 12.3 Å². The fourth-order valence-electron chi connectivity index (χ4n) is 2.51. The summed E-state index contributed by atoms with van der Waals surface area (Å²) in [6, 6.07) is 12.7. The van der Waals surface area contributed by atoms with Crippen LogP contribution in [-0.2, 0) is 12.8 Å². The lowest BCUT2D eigenvalue weighted by Gasteiger charge is -2.12. The van der Waals surface area contributed by atoms with E-state index in [9.17, 15) is 13.2 Å². The van der Waals surface area contributed by atoms with Crippen molar-refractivity contribution in [1.82, 2.24) is 9.97 Å². The lowest BCUT2D eigenvalue weighted by molar-refractivity contribution is -0.137. The van der Waals surface area contributed by atoms with Crippen LogP contribution in [0.1, 0.15) is 22.3 Å². The number of nitrogens with zero attached hydrogens (tertiary/aromatic N) is 3. The first-order valence-corrected chi connectivity index (χ1v) is 9.46. The minimum absolute atomic E-state index is 0.0376. The molecule has 1 heterocycles. The molecule has 3 rings (SSSR count). The second-order valence-electron chi connectivity index (χ2n) is 6.01. The summed E-state index contributed by atoms with van der Waals surface area (Å²) in [7, 11) is 0. The predicted molar refractivity (Wildman–Crippen MR) is 103 cm³/mol. The summed E-state index contributed by atoms with van der Waals surface area (Å²) in [4.78, 5) is 8.61. The number of halogens is 4. The summed E-state index contributed by atoms with van der Waals surface area (Å²) in [6.45, 7) is 2.17. The van der Waals surface area contributed by atoms with E-state index in [2.05, 4.69) is 9.97 Å². The predicted octanol–water partition coefficient (Wildman–Crippen LogP) is 6.06. The molecule has 0 aliphatic rings. The van der Waals surface area contributed by atoms with Crippen molar-refractivity contribution in [2.75, 3.05) is 0 Å². The van der Waals surface area contributed by atoms with Crippen LogP contribution in [0.4, 0.5) is 13.2 Å². The van der Waals surface area contributed by atoms with E-state index in [1.807, 2.05) is 31.2 Å². The number of hydrogen-bond donors (Lipinski definition) is 0. The standard InChI is InChI=1S/C20H13ClF3N3OS/c1-12-3-2-4-13(7-12)11-28-18-17(10-26-19(21)27-18)29-15-6-5-14(9-25)16(8-15)20(22,23)24/h2-8,10H,11H2,1H3. The number of benzene rings is 2. The molecule has 0 amide bonds. The van der Waals surface area contributed by atoms with Crippen LogP contribution < -0.4 is 4.74 Å². The lowest BCUT2D eigenvalue weighted by Crippen LogP contribution is -2.07. The molecule has 148 valence electrons. The second kappa shape index (κ2) is 8.72. The Morgan fingerprint density at radius 1 is 1.21 bits per heavy atom. The van der Waals surface area contributed by atoms with Crippen LogP contribution in [0.2, 0.25) is 5.28 Å². The maximum Gasteiger partial charge on any atom is 0.417 e. The van der Waals surface area contributed by atoms with Gasteiger partial charge >= 0.3 is 6.18 Å². The van der Waals surface area contributed by atoms with Gasteiger partial charge in [0.25, 0.3) is 0 Å². The summed E-state index contributed by atoms with van der Waals surface area (Å²) in [5, 5.41) is 8.89. The molecule has 0 aliphatic carbocycles. The van der Waals surface area contributed by atoms with Crippen molar-refractivity contribution in [1.29, 1.82) is 5.26 Å². The zero-order chi connectivity index (χ0) is 21.0. The van der Waals surface area contributed by atoms with Crippen LogP contribution in [0.5, 0.6) is 5.88 Å². The van der Waals surface area contributed by atoms with Crippen LogP contribution in [0.3, 0.4) is 0 Å². The smallest absolute Gasteiger partial charge is 0.417 e. The van der Waals surface area contributed by atoms with Gasteiger partial charge in [-0.25, -0.2) is 4.98 Å². The summed E-state index contributed by atoms with van der Waals surface area (Å²) >= 11 is 6.85. The van der Waals surface area contributed by atoms with Crippen molar-refractivity contribution < 1.29 is 17.9 Å². The Balaban J connectivity index is 1.87. The third-order valence-corrected chi connectivity index (χ3v) is 4.97. The third kappa shape index (κ3) is 5.40. The number of nitriles is 1. The minimum Gasteiger partial charge on any atom is -0.472 e. The molecule has 0 radical (unpaired) electrons. The first kappa shape index (κ1) is 21.0. The van der Waals surface area contributed by atoms with Crippen LogP contribution in [-0.4, -0.2) is 9.97 Å². The maximum atomic E-state index is 13.2. The molecule has 9 heteroatoms. The van der Waals surface area contributed by atoms with Gasteiger partial charge in [0.2, 0.25) is 11.2 Å². The lowest BCUT2D eigenvalue weighted by atomic mass is 10.1. The molecule has 2 aromatic carbocycles. The topological polar surface area (TPSA) is 58.8 Å². The molecule has 0 aliphatic heterocycles. The zero-order valence-corrected chi connectivity index (χ0v) is 16.6. The molecule has 0 saturated heterocycles. The van der Waals surface area contributed by atoms with E-state index in [0.717, 1.165) is 35.0 Å². The normalized spacial score (nSPS) is 11.2. The Labute approximate surface area is 174 Å². The number of aromatic nitrogens is 2. The van der Waals surface area contributed by atoms with Gasteiger partial charge in [0, 0.05) is 11.1 Å². The summed E-state index contributed by atoms with van der Waals surface area (Å²) in [5.41, 5.74) is 0.541. The first-order valence-electron chi connectivity index (χ1n) is 8.26. The molecule has 0 bridgehead atoms. The average Bonchev–Trinajstić information content (AvgIpc) is 2.67. The van der Waals surface area contributed by atoms with Gasteiger partial charge in [-0.2, -0.15) is 23.4 Å². The van der Waals surface area contributed by atoms with Crippen molar-refractivity contribution in [2.45, 2.75) is 29.5 Å². The molecule has 0 atom stereocenters. The van der Waals surface area contributed by atoms with Crippen molar-refractivity contribution in [3.63, 3.8) is 0 Å². The molecule has 3 aromatic rings. The van der Waals surface area contributed by atoms with Gasteiger partial charge in [0.15, 0.2) is 0 Å². The molecule has 0 unspecified atom stereocenters. The Hall–Kier alpha value is -2.76. The number of hydrogen-bond acceptors (Lipinski definition) is 5. The molecule has 1 aromatic heterocycles. The van der Waals surface area contributed by atoms with E-state index in [1.54, 1.807) is 6.07 Å². The average molecular weight is 436 g/mol. The highest BCUT2D eigenvalue weighted by Gasteiger charge is 2.34. The summed E-state index contributed by atoms with van der Waals surface area (Å²) in [6.07, 6.45) is -3.25. The van der Waals surface area contributed by atoms with E-state index < -0.39 is 17.3 Å². The molecular weight excluding hydrogens is 423 g/mol. The Morgan fingerprint density at radius 3 is 2.69 bits per heavy atom. The van der Waals surface area contributed by atoms with Crippen LogP contribution in [0, 0.1) is 18.3 Å². The van der Waals surface area contributed by atoms with Crippen LogP contribution >= 0.6 is 23.4 Å². The van der Waals surface area contributed by atoms with E-state index in [-0.39, 0.29) is 22.7 Å². The highest BCUT2D eigenvalue weighted by Crippen LogP contribution is 2.38. The Bertz CT molecular complexity index is 1080. The fourth-order valence-corrected chi connectivity index (χ4v) is 3.50. The fraction of sp³-hybridized carbons (Fsp3) is 0.150. The number of aryl methyl sites for hydroxylation is 1. The van der Waals surface area contributed by atoms with Crippen LogP contribution in [0.15, 0.2) is 58.5 Å². The van der Waals surface area contributed by atoms with Gasteiger partial charge in [-0.3, -0.25) is 0 Å². The maximum absolute atomic E-state index is 13.2. The molecule has 4 nitrogen and oxygen atoms in total. The molecule has 0 fully saturated rings. The molecular formula is C20H13ClF3N3OS. The van der Waals surface area contributed by atoms with Crippen molar-refractivity contribution in [3.05, 3.63) is 76.2 Å². The molecule has 0 spiro atoms. The van der Waals surface area contributed by atoms with E-state index >= 15 is 0 Å². The van der Waals surface area contributed by atoms with Gasteiger partial charge < -0.3 is 4.74 Å². The molecule has 29 heavy (non-hydrogen) atoms. The summed E-state index contributed by atoms with van der Waals surface area (Å²) in [5.74, 6) is 0.162. The largest absolute Gasteiger partial charge is 0.472 e. The van der Waals surface area contributed by atoms with Crippen molar-refractivity contribution >= 4 is 23.4 Å². The highest BCUT2D eigenvalue weighted by molar-refractivity contribution is 7.99. The number of alkyl halides is 3. The van der Waals surface area contributed by atoms with Crippen molar-refractivity contribution in [2.24, 2.45) is 0 Å². The molecule has 0 N–H and O–H groups in total. The van der Waals surface area contributed by atoms with E-state index in [4.69, 9.17) is 21.6 Å². The second-order valence-corrected chi connectivity index (χ2v) is 7.46. The van der Waals surface area contributed by atoms with Gasteiger partial charge in [0.1, 0.15) is 6.61 Å².